The summed E-state index contributed by atoms with van der Waals surface area (Å²) in [7, 11) is 0. The molecule has 0 aromatic heterocycles. The van der Waals surface area contributed by atoms with Crippen LogP contribution in [0.2, 0.25) is 10.0 Å². The van der Waals surface area contributed by atoms with E-state index < -0.39 is 0 Å². The molecule has 0 saturated heterocycles. The predicted octanol–water partition coefficient (Wildman–Crippen LogP) is 3.30. The third-order valence-electron chi connectivity index (χ3n) is 1.22. The molecule has 0 saturated carbocycles. The summed E-state index contributed by atoms with van der Waals surface area (Å²) in [6, 6.07) is 5.37. The van der Waals surface area contributed by atoms with Crippen LogP contribution in [0.3, 0.4) is 0 Å². The Labute approximate surface area is 94.0 Å². The average Bonchev–Trinajstić information content (AvgIpc) is 1.95. The van der Waals surface area contributed by atoms with E-state index in [2.05, 4.69) is 0 Å². The second-order valence-electron chi connectivity index (χ2n) is 1.95. The lowest BCUT2D eigenvalue weighted by Gasteiger charge is -1.97. The van der Waals surface area contributed by atoms with E-state index in [1.165, 1.54) is 0 Å². The highest BCUT2D eigenvalue weighted by molar-refractivity contribution is 6.41. The highest BCUT2D eigenvalue weighted by Gasteiger charge is 1.96. The maximum Gasteiger partial charge on any atom is 0.0595 e. The van der Waals surface area contributed by atoms with E-state index in [4.69, 9.17) is 28.9 Å². The van der Waals surface area contributed by atoms with Gasteiger partial charge in [0.2, 0.25) is 0 Å². The highest BCUT2D eigenvalue weighted by Crippen LogP contribution is 2.21. The summed E-state index contributed by atoms with van der Waals surface area (Å²) in [5.41, 5.74) is 6.36. The van der Waals surface area contributed by atoms with Crippen LogP contribution in [0.25, 0.3) is 0 Å². The van der Waals surface area contributed by atoms with Crippen molar-refractivity contribution in [3.63, 3.8) is 0 Å². The standard InChI is InChI=1S/C7H7Cl2N.2ClH/c8-6-2-1-5(4-10)3-7(6)9;;/h1-3H,4,10H2;2*1H. The van der Waals surface area contributed by atoms with Crippen LogP contribution in [0, 0.1) is 0 Å². The van der Waals surface area contributed by atoms with Gasteiger partial charge in [-0.1, -0.05) is 29.3 Å². The van der Waals surface area contributed by atoms with Crippen molar-refractivity contribution in [3.05, 3.63) is 33.8 Å². The molecule has 0 aliphatic heterocycles. The van der Waals surface area contributed by atoms with E-state index in [1.807, 2.05) is 6.07 Å². The minimum absolute atomic E-state index is 0. The molecule has 1 aromatic rings. The Kier molecular flexibility index (Phi) is 8.43. The van der Waals surface area contributed by atoms with Crippen LogP contribution in [-0.4, -0.2) is 0 Å². The van der Waals surface area contributed by atoms with E-state index in [0.29, 0.717) is 16.6 Å². The SMILES string of the molecule is Cl.Cl.NCc1ccc(Cl)c(Cl)c1. The zero-order valence-corrected chi connectivity index (χ0v) is 9.23. The molecule has 0 atom stereocenters. The van der Waals surface area contributed by atoms with E-state index in [-0.39, 0.29) is 24.8 Å². The minimum Gasteiger partial charge on any atom is -0.326 e. The van der Waals surface area contributed by atoms with E-state index in [1.54, 1.807) is 12.1 Å². The van der Waals surface area contributed by atoms with Gasteiger partial charge in [0, 0.05) is 6.54 Å². The maximum absolute atomic E-state index is 5.71. The fraction of sp³-hybridized carbons (Fsp3) is 0.143. The largest absolute Gasteiger partial charge is 0.326 e. The Morgan fingerprint density at radius 2 is 1.67 bits per heavy atom. The van der Waals surface area contributed by atoms with Crippen LogP contribution in [-0.2, 0) is 6.54 Å². The van der Waals surface area contributed by atoms with Gasteiger partial charge in [0.1, 0.15) is 0 Å². The second-order valence-corrected chi connectivity index (χ2v) is 2.77. The number of benzene rings is 1. The fourth-order valence-electron chi connectivity index (χ4n) is 0.667. The summed E-state index contributed by atoms with van der Waals surface area (Å²) in [5.74, 6) is 0. The highest BCUT2D eigenvalue weighted by atomic mass is 35.5. The van der Waals surface area contributed by atoms with Crippen LogP contribution in [0.15, 0.2) is 18.2 Å². The van der Waals surface area contributed by atoms with Gasteiger partial charge in [-0.3, -0.25) is 0 Å². The van der Waals surface area contributed by atoms with Crippen molar-refractivity contribution < 1.29 is 0 Å². The molecule has 12 heavy (non-hydrogen) atoms. The van der Waals surface area contributed by atoms with Gasteiger partial charge in [-0.25, -0.2) is 0 Å². The van der Waals surface area contributed by atoms with Gasteiger partial charge < -0.3 is 5.73 Å². The summed E-state index contributed by atoms with van der Waals surface area (Å²) in [5, 5.41) is 1.13. The van der Waals surface area contributed by atoms with Crippen molar-refractivity contribution in [2.45, 2.75) is 6.54 Å². The zero-order chi connectivity index (χ0) is 7.56. The molecule has 5 heteroatoms. The van der Waals surface area contributed by atoms with Crippen LogP contribution in [0.4, 0.5) is 0 Å². The summed E-state index contributed by atoms with van der Waals surface area (Å²) in [4.78, 5) is 0. The van der Waals surface area contributed by atoms with Crippen LogP contribution in [0.5, 0.6) is 0 Å². The molecule has 70 valence electrons. The molecular weight excluding hydrogens is 240 g/mol. The summed E-state index contributed by atoms with van der Waals surface area (Å²) in [6.07, 6.45) is 0. The molecule has 0 aliphatic carbocycles. The van der Waals surface area contributed by atoms with Gasteiger partial charge in [0.15, 0.2) is 0 Å². The molecule has 0 bridgehead atoms. The molecular formula is C7H9Cl4N. The number of rotatable bonds is 1. The van der Waals surface area contributed by atoms with E-state index in [0.717, 1.165) is 5.56 Å². The average molecular weight is 249 g/mol. The van der Waals surface area contributed by atoms with Crippen molar-refractivity contribution in [2.24, 2.45) is 5.73 Å². The summed E-state index contributed by atoms with van der Waals surface area (Å²) < 4.78 is 0. The topological polar surface area (TPSA) is 26.0 Å². The number of halogens is 4. The Balaban J connectivity index is 0. The molecule has 1 nitrogen and oxygen atoms in total. The monoisotopic (exact) mass is 247 g/mol. The van der Waals surface area contributed by atoms with Gasteiger partial charge in [-0.15, -0.1) is 24.8 Å². The molecule has 0 radical (unpaired) electrons. The number of hydrogen-bond acceptors (Lipinski definition) is 1. The van der Waals surface area contributed by atoms with Crippen molar-refractivity contribution in [1.82, 2.24) is 0 Å². The molecule has 0 spiro atoms. The van der Waals surface area contributed by atoms with Crippen LogP contribution in [0.1, 0.15) is 5.56 Å². The first kappa shape index (κ1) is 14.8. The Bertz CT molecular complexity index is 239. The van der Waals surface area contributed by atoms with Crippen LogP contribution >= 0.6 is 48.0 Å². The molecule has 0 aliphatic rings. The quantitative estimate of drug-likeness (QED) is 0.811. The third-order valence-corrected chi connectivity index (χ3v) is 1.96. The minimum atomic E-state index is 0. The van der Waals surface area contributed by atoms with E-state index in [9.17, 15) is 0 Å². The van der Waals surface area contributed by atoms with Gasteiger partial charge in [-0.05, 0) is 17.7 Å². The summed E-state index contributed by atoms with van der Waals surface area (Å²) >= 11 is 11.4. The van der Waals surface area contributed by atoms with Crippen molar-refractivity contribution in [3.8, 4) is 0 Å². The molecule has 0 heterocycles. The molecule has 2 N–H and O–H groups in total. The maximum atomic E-state index is 5.71. The summed E-state index contributed by atoms with van der Waals surface area (Å²) in [6.45, 7) is 0.497. The third kappa shape index (κ3) is 3.83. The van der Waals surface area contributed by atoms with Crippen LogP contribution < -0.4 is 5.73 Å². The molecule has 1 rings (SSSR count). The van der Waals surface area contributed by atoms with Gasteiger partial charge >= 0.3 is 0 Å². The molecule has 0 amide bonds. The van der Waals surface area contributed by atoms with E-state index >= 15 is 0 Å². The first-order valence-corrected chi connectivity index (χ1v) is 3.63. The van der Waals surface area contributed by atoms with Gasteiger partial charge in [0.25, 0.3) is 0 Å². The first-order chi connectivity index (χ1) is 4.74. The van der Waals surface area contributed by atoms with Crippen molar-refractivity contribution >= 4 is 48.0 Å². The Morgan fingerprint density at radius 3 is 2.08 bits per heavy atom. The smallest absolute Gasteiger partial charge is 0.0595 e. The second kappa shape index (κ2) is 6.81. The zero-order valence-electron chi connectivity index (χ0n) is 6.09. The normalized spacial score (nSPS) is 8.25. The Morgan fingerprint density at radius 1 is 1.08 bits per heavy atom. The van der Waals surface area contributed by atoms with Gasteiger partial charge in [-0.2, -0.15) is 0 Å². The lowest BCUT2D eigenvalue weighted by Crippen LogP contribution is -1.95. The Hall–Kier alpha value is 0.340. The lowest BCUT2D eigenvalue weighted by molar-refractivity contribution is 1.07. The number of hydrogen-bond donors (Lipinski definition) is 1. The molecule has 0 unspecified atom stereocenters. The molecule has 0 fully saturated rings. The van der Waals surface area contributed by atoms with Crippen molar-refractivity contribution in [2.75, 3.05) is 0 Å². The van der Waals surface area contributed by atoms with Crippen molar-refractivity contribution in [1.29, 1.82) is 0 Å². The first-order valence-electron chi connectivity index (χ1n) is 2.88. The predicted molar refractivity (Wildman–Crippen MR) is 58.8 cm³/mol. The van der Waals surface area contributed by atoms with Gasteiger partial charge in [0.05, 0.1) is 10.0 Å². The molecule has 1 aromatic carbocycles. The lowest BCUT2D eigenvalue weighted by atomic mass is 10.2. The number of nitrogens with two attached hydrogens (primary N) is 1. The fourth-order valence-corrected chi connectivity index (χ4v) is 0.987.